The number of benzene rings is 1. The summed E-state index contributed by atoms with van der Waals surface area (Å²) in [6, 6.07) is 5.22. The Kier molecular flexibility index (Phi) is 3.27. The van der Waals surface area contributed by atoms with Gasteiger partial charge in [-0.15, -0.1) is 0 Å². The second kappa shape index (κ2) is 4.98. The Labute approximate surface area is 122 Å². The number of carbonyl (C=O) groups is 3. The number of aliphatic carboxylic acids is 1. The highest BCUT2D eigenvalue weighted by Gasteiger charge is 2.38. The summed E-state index contributed by atoms with van der Waals surface area (Å²) < 4.78 is 0. The van der Waals surface area contributed by atoms with Crippen molar-refractivity contribution >= 4 is 23.3 Å². The molecular weight excluding hydrogens is 270 g/mol. The molecule has 1 aromatic rings. The average molecular weight is 287 g/mol. The molecule has 1 amide bonds. The van der Waals surface area contributed by atoms with E-state index in [1.807, 2.05) is 0 Å². The third kappa shape index (κ3) is 2.22. The molecule has 0 bridgehead atoms. The van der Waals surface area contributed by atoms with Crippen molar-refractivity contribution in [3.8, 4) is 0 Å². The maximum atomic E-state index is 12.6. The zero-order valence-electron chi connectivity index (χ0n) is 11.8. The Bertz CT molecular complexity index is 637. The Morgan fingerprint density at radius 1 is 1.24 bits per heavy atom. The van der Waals surface area contributed by atoms with Crippen LogP contribution in [0.5, 0.6) is 0 Å². The quantitative estimate of drug-likeness (QED) is 0.861. The van der Waals surface area contributed by atoms with E-state index in [1.54, 1.807) is 30.1 Å². The van der Waals surface area contributed by atoms with Crippen molar-refractivity contribution in [2.75, 3.05) is 11.9 Å². The van der Waals surface area contributed by atoms with Gasteiger partial charge >= 0.3 is 5.97 Å². The van der Waals surface area contributed by atoms with E-state index >= 15 is 0 Å². The average Bonchev–Trinajstić information content (AvgIpc) is 3.04. The zero-order valence-corrected chi connectivity index (χ0v) is 11.8. The van der Waals surface area contributed by atoms with E-state index in [9.17, 15) is 19.5 Å². The lowest BCUT2D eigenvalue weighted by Gasteiger charge is -2.15. The summed E-state index contributed by atoms with van der Waals surface area (Å²) in [5, 5.41) is 9.20. The lowest BCUT2D eigenvalue weighted by atomic mass is 9.88. The van der Waals surface area contributed by atoms with Crippen molar-refractivity contribution in [2.24, 2.45) is 11.8 Å². The molecule has 1 N–H and O–H groups in total. The van der Waals surface area contributed by atoms with Crippen LogP contribution in [0, 0.1) is 11.8 Å². The Morgan fingerprint density at radius 2 is 1.95 bits per heavy atom. The van der Waals surface area contributed by atoms with E-state index in [-0.39, 0.29) is 11.7 Å². The van der Waals surface area contributed by atoms with E-state index in [0.717, 1.165) is 17.7 Å². The third-order valence-corrected chi connectivity index (χ3v) is 4.61. The van der Waals surface area contributed by atoms with Gasteiger partial charge < -0.3 is 10.0 Å². The van der Waals surface area contributed by atoms with Crippen molar-refractivity contribution < 1.29 is 19.5 Å². The lowest BCUT2D eigenvalue weighted by Crippen LogP contribution is -2.25. The molecule has 110 valence electrons. The van der Waals surface area contributed by atoms with Crippen LogP contribution in [-0.2, 0) is 16.0 Å². The molecule has 2 unspecified atom stereocenters. The molecule has 2 aliphatic rings. The van der Waals surface area contributed by atoms with Gasteiger partial charge in [0, 0.05) is 24.2 Å². The number of rotatable bonds is 3. The van der Waals surface area contributed by atoms with Crippen molar-refractivity contribution in [3.05, 3.63) is 29.3 Å². The van der Waals surface area contributed by atoms with Crippen LogP contribution < -0.4 is 4.90 Å². The van der Waals surface area contributed by atoms with Gasteiger partial charge in [-0.1, -0.05) is 6.42 Å². The molecule has 2 atom stereocenters. The Morgan fingerprint density at radius 3 is 2.67 bits per heavy atom. The molecule has 1 aliphatic carbocycles. The summed E-state index contributed by atoms with van der Waals surface area (Å²) in [5.74, 6) is -1.99. The van der Waals surface area contributed by atoms with E-state index < -0.39 is 17.8 Å². The number of nitrogens with zero attached hydrogens (tertiary/aromatic N) is 1. The fraction of sp³-hybridized carbons (Fsp3) is 0.438. The number of carboxylic acid groups (broad SMARTS) is 1. The molecule has 5 nitrogen and oxygen atoms in total. The fourth-order valence-corrected chi connectivity index (χ4v) is 3.41. The number of hydrogen-bond donors (Lipinski definition) is 1. The summed E-state index contributed by atoms with van der Waals surface area (Å²) >= 11 is 0. The largest absolute Gasteiger partial charge is 0.481 e. The van der Waals surface area contributed by atoms with Gasteiger partial charge in [0.2, 0.25) is 5.91 Å². The minimum atomic E-state index is -0.887. The molecule has 1 aromatic carbocycles. The molecule has 0 radical (unpaired) electrons. The first kappa shape index (κ1) is 13.8. The molecule has 3 rings (SSSR count). The topological polar surface area (TPSA) is 74.7 Å². The smallest absolute Gasteiger partial charge is 0.307 e. The molecule has 1 fully saturated rings. The molecule has 0 aromatic heterocycles. The van der Waals surface area contributed by atoms with E-state index in [4.69, 9.17) is 0 Å². The van der Waals surface area contributed by atoms with Gasteiger partial charge in [-0.25, -0.2) is 0 Å². The number of fused-ring (bicyclic) bond motifs is 1. The van der Waals surface area contributed by atoms with Crippen LogP contribution in [0.4, 0.5) is 5.69 Å². The Balaban J connectivity index is 1.88. The first-order valence-corrected chi connectivity index (χ1v) is 7.15. The molecule has 1 heterocycles. The van der Waals surface area contributed by atoms with E-state index in [0.29, 0.717) is 24.8 Å². The number of anilines is 1. The van der Waals surface area contributed by atoms with Gasteiger partial charge in [0.05, 0.1) is 12.3 Å². The van der Waals surface area contributed by atoms with Gasteiger partial charge in [0.25, 0.3) is 0 Å². The molecular formula is C16H17NO4. The van der Waals surface area contributed by atoms with Crippen LogP contribution in [0.15, 0.2) is 18.2 Å². The second-order valence-electron chi connectivity index (χ2n) is 5.82. The number of likely N-dealkylation sites (N-methyl/N-ethyl adjacent to an activating group) is 1. The molecule has 0 saturated heterocycles. The maximum absolute atomic E-state index is 12.6. The number of ketones is 1. The van der Waals surface area contributed by atoms with Gasteiger partial charge in [0.15, 0.2) is 5.78 Å². The van der Waals surface area contributed by atoms with Gasteiger partial charge in [-0.3, -0.25) is 14.4 Å². The fourth-order valence-electron chi connectivity index (χ4n) is 3.41. The van der Waals surface area contributed by atoms with Gasteiger partial charge in [0.1, 0.15) is 0 Å². The number of amides is 1. The van der Waals surface area contributed by atoms with Crippen LogP contribution >= 0.6 is 0 Å². The summed E-state index contributed by atoms with van der Waals surface area (Å²) in [6.07, 6.45) is 2.28. The molecule has 5 heteroatoms. The van der Waals surface area contributed by atoms with Gasteiger partial charge in [-0.05, 0) is 36.6 Å². The monoisotopic (exact) mass is 287 g/mol. The number of hydrogen-bond acceptors (Lipinski definition) is 3. The van der Waals surface area contributed by atoms with Crippen LogP contribution in [0.3, 0.4) is 0 Å². The maximum Gasteiger partial charge on any atom is 0.307 e. The van der Waals surface area contributed by atoms with E-state index in [1.165, 1.54) is 0 Å². The van der Waals surface area contributed by atoms with Crippen LogP contribution in [0.2, 0.25) is 0 Å². The van der Waals surface area contributed by atoms with Gasteiger partial charge in [-0.2, -0.15) is 0 Å². The van der Waals surface area contributed by atoms with Crippen LogP contribution in [-0.4, -0.2) is 29.8 Å². The Hall–Kier alpha value is -2.17. The summed E-state index contributed by atoms with van der Waals surface area (Å²) in [6.45, 7) is 0. The standard InChI is InChI=1S/C16H17NO4/c1-17-13-6-5-9(7-10(13)8-14(17)18)15(19)11-3-2-4-12(11)16(20)21/h5-7,11-12H,2-4,8H2,1H3,(H,20,21). The highest BCUT2D eigenvalue weighted by Crippen LogP contribution is 2.36. The second-order valence-corrected chi connectivity index (χ2v) is 5.82. The molecule has 21 heavy (non-hydrogen) atoms. The van der Waals surface area contributed by atoms with Crippen molar-refractivity contribution in [1.82, 2.24) is 0 Å². The predicted octanol–water partition coefficient (Wildman–Crippen LogP) is 1.89. The number of carbonyl (C=O) groups excluding carboxylic acids is 2. The van der Waals surface area contributed by atoms with E-state index in [2.05, 4.69) is 0 Å². The van der Waals surface area contributed by atoms with Crippen LogP contribution in [0.1, 0.15) is 35.2 Å². The molecule has 1 saturated carbocycles. The summed E-state index contributed by atoms with van der Waals surface area (Å²) in [7, 11) is 1.72. The highest BCUT2D eigenvalue weighted by molar-refractivity contribution is 6.04. The van der Waals surface area contributed by atoms with Crippen molar-refractivity contribution in [1.29, 1.82) is 0 Å². The first-order valence-electron chi connectivity index (χ1n) is 7.15. The summed E-state index contributed by atoms with van der Waals surface area (Å²) in [5.41, 5.74) is 2.20. The third-order valence-electron chi connectivity index (χ3n) is 4.61. The van der Waals surface area contributed by atoms with Crippen molar-refractivity contribution in [3.63, 3.8) is 0 Å². The van der Waals surface area contributed by atoms with Crippen LogP contribution in [0.25, 0.3) is 0 Å². The minimum Gasteiger partial charge on any atom is -0.481 e. The predicted molar refractivity (Wildman–Crippen MR) is 76.4 cm³/mol. The highest BCUT2D eigenvalue weighted by atomic mass is 16.4. The molecule has 1 aliphatic heterocycles. The normalized spacial score (nSPS) is 24.2. The zero-order chi connectivity index (χ0) is 15.1. The first-order chi connectivity index (χ1) is 9.99. The number of Topliss-reactive ketones (excluding diaryl/α,β-unsaturated/α-hetero) is 1. The molecule has 0 spiro atoms. The summed E-state index contributed by atoms with van der Waals surface area (Å²) in [4.78, 5) is 37.0. The SMILES string of the molecule is CN1C(=O)Cc2cc(C(=O)C3CCCC3C(=O)O)ccc21. The minimum absolute atomic E-state index is 0.0128. The number of carboxylic acids is 1. The lowest BCUT2D eigenvalue weighted by molar-refractivity contribution is -0.142. The van der Waals surface area contributed by atoms with Crippen molar-refractivity contribution in [2.45, 2.75) is 25.7 Å².